The van der Waals surface area contributed by atoms with Gasteiger partial charge in [0.1, 0.15) is 0 Å². The third kappa shape index (κ3) is 3.85. The van der Waals surface area contributed by atoms with Crippen molar-refractivity contribution in [3.8, 4) is 17.2 Å². The van der Waals surface area contributed by atoms with Crippen molar-refractivity contribution in [2.45, 2.75) is 25.9 Å². The van der Waals surface area contributed by atoms with Crippen LogP contribution in [0.1, 0.15) is 18.9 Å². The molecule has 0 unspecified atom stereocenters. The second-order valence-corrected chi connectivity index (χ2v) is 6.65. The molecule has 2 aromatic rings. The monoisotopic (exact) mass is 375 g/mol. The van der Waals surface area contributed by atoms with Gasteiger partial charge < -0.3 is 24.5 Å². The average molecular weight is 375 g/mol. The number of carbonyl (C=O) groups is 1. The van der Waals surface area contributed by atoms with E-state index in [0.717, 1.165) is 24.9 Å². The molecule has 1 saturated heterocycles. The minimum Gasteiger partial charge on any atom is -0.493 e. The number of H-pyrrole nitrogens is 1. The Balaban J connectivity index is 1.94. The number of aromatic amines is 1. The number of methoxy groups -OCH3 is 3. The number of pyridine rings is 1. The van der Waals surface area contributed by atoms with E-state index in [1.807, 2.05) is 6.07 Å². The van der Waals surface area contributed by atoms with E-state index in [-0.39, 0.29) is 17.5 Å². The zero-order valence-electron chi connectivity index (χ0n) is 16.0. The SMILES string of the molecule is COc1cc2[nH]c(=O)c(CN3CC[C@H](NC(C)=O)C3)cc2c(OC)c1OC. The van der Waals surface area contributed by atoms with Crippen LogP contribution in [-0.4, -0.2) is 56.3 Å². The maximum absolute atomic E-state index is 12.6. The molecule has 1 amide bonds. The molecule has 8 heteroatoms. The molecule has 0 bridgehead atoms. The van der Waals surface area contributed by atoms with E-state index in [1.165, 1.54) is 14.0 Å². The van der Waals surface area contributed by atoms with Gasteiger partial charge in [0.05, 0.1) is 26.8 Å². The van der Waals surface area contributed by atoms with Gasteiger partial charge in [0.15, 0.2) is 11.5 Å². The Labute approximate surface area is 157 Å². The first-order chi connectivity index (χ1) is 13.0. The molecule has 0 radical (unpaired) electrons. The van der Waals surface area contributed by atoms with E-state index >= 15 is 0 Å². The highest BCUT2D eigenvalue weighted by Crippen LogP contribution is 2.42. The lowest BCUT2D eigenvalue weighted by Gasteiger charge is -2.18. The molecule has 2 N–H and O–H groups in total. The first-order valence-corrected chi connectivity index (χ1v) is 8.81. The summed E-state index contributed by atoms with van der Waals surface area (Å²) < 4.78 is 16.3. The van der Waals surface area contributed by atoms with Crippen LogP contribution in [-0.2, 0) is 11.3 Å². The van der Waals surface area contributed by atoms with Crippen LogP contribution in [0, 0.1) is 0 Å². The van der Waals surface area contributed by atoms with Gasteiger partial charge in [-0.1, -0.05) is 0 Å². The maximum atomic E-state index is 12.6. The quantitative estimate of drug-likeness (QED) is 0.790. The zero-order valence-corrected chi connectivity index (χ0v) is 16.0. The third-order valence-electron chi connectivity index (χ3n) is 4.80. The van der Waals surface area contributed by atoms with Gasteiger partial charge in [-0.3, -0.25) is 14.5 Å². The van der Waals surface area contributed by atoms with E-state index in [9.17, 15) is 9.59 Å². The third-order valence-corrected chi connectivity index (χ3v) is 4.80. The zero-order chi connectivity index (χ0) is 19.6. The molecule has 1 aromatic carbocycles. The normalized spacial score (nSPS) is 17.1. The van der Waals surface area contributed by atoms with Crippen molar-refractivity contribution in [2.75, 3.05) is 34.4 Å². The summed E-state index contributed by atoms with van der Waals surface area (Å²) in [5.41, 5.74) is 1.10. The summed E-state index contributed by atoms with van der Waals surface area (Å²) in [5, 5.41) is 3.68. The number of hydrogen-bond donors (Lipinski definition) is 2. The smallest absolute Gasteiger partial charge is 0.252 e. The summed E-state index contributed by atoms with van der Waals surface area (Å²) in [6.07, 6.45) is 0.874. The molecule has 1 aliphatic rings. The van der Waals surface area contributed by atoms with Gasteiger partial charge in [0.2, 0.25) is 11.7 Å². The van der Waals surface area contributed by atoms with E-state index in [2.05, 4.69) is 15.2 Å². The van der Waals surface area contributed by atoms with Gasteiger partial charge >= 0.3 is 0 Å². The molecule has 1 atom stereocenters. The Kier molecular flexibility index (Phi) is 5.55. The summed E-state index contributed by atoms with van der Waals surface area (Å²) in [7, 11) is 4.64. The molecule has 1 aromatic heterocycles. The van der Waals surface area contributed by atoms with E-state index in [4.69, 9.17) is 14.2 Å². The summed E-state index contributed by atoms with van der Waals surface area (Å²) in [6, 6.07) is 3.69. The lowest BCUT2D eigenvalue weighted by atomic mass is 10.1. The number of nitrogens with one attached hydrogen (secondary N) is 2. The van der Waals surface area contributed by atoms with Crippen LogP contribution in [0.25, 0.3) is 10.9 Å². The van der Waals surface area contributed by atoms with Crippen molar-refractivity contribution in [1.82, 2.24) is 15.2 Å². The molecule has 3 rings (SSSR count). The van der Waals surface area contributed by atoms with Gasteiger partial charge in [-0.05, 0) is 12.5 Å². The van der Waals surface area contributed by atoms with Crippen LogP contribution >= 0.6 is 0 Å². The Morgan fingerprint density at radius 1 is 1.22 bits per heavy atom. The Morgan fingerprint density at radius 2 is 1.96 bits per heavy atom. The minimum absolute atomic E-state index is 0.0313. The summed E-state index contributed by atoms with van der Waals surface area (Å²) >= 11 is 0. The average Bonchev–Trinajstić information content (AvgIpc) is 3.06. The summed E-state index contributed by atoms with van der Waals surface area (Å²) in [4.78, 5) is 28.9. The number of ether oxygens (including phenoxy) is 3. The van der Waals surface area contributed by atoms with E-state index in [0.29, 0.717) is 34.9 Å². The maximum Gasteiger partial charge on any atom is 0.252 e. The van der Waals surface area contributed by atoms with Crippen molar-refractivity contribution in [2.24, 2.45) is 0 Å². The lowest BCUT2D eigenvalue weighted by molar-refractivity contribution is -0.119. The van der Waals surface area contributed by atoms with Gasteiger partial charge in [-0.15, -0.1) is 0 Å². The molecule has 8 nitrogen and oxygen atoms in total. The number of aromatic nitrogens is 1. The Morgan fingerprint density at radius 3 is 2.59 bits per heavy atom. The number of hydrogen-bond acceptors (Lipinski definition) is 6. The van der Waals surface area contributed by atoms with Crippen molar-refractivity contribution < 1.29 is 19.0 Å². The first kappa shape index (κ1) is 19.0. The molecule has 2 heterocycles. The fourth-order valence-electron chi connectivity index (χ4n) is 3.61. The van der Waals surface area contributed by atoms with Crippen LogP contribution in [0.5, 0.6) is 17.2 Å². The highest BCUT2D eigenvalue weighted by atomic mass is 16.5. The van der Waals surface area contributed by atoms with Gasteiger partial charge in [0.25, 0.3) is 5.56 Å². The predicted octanol–water partition coefficient (Wildman–Crippen LogP) is 1.26. The molecule has 1 aliphatic heterocycles. The van der Waals surface area contributed by atoms with Crippen molar-refractivity contribution in [3.63, 3.8) is 0 Å². The van der Waals surface area contributed by atoms with Gasteiger partial charge in [-0.25, -0.2) is 0 Å². The highest BCUT2D eigenvalue weighted by molar-refractivity contribution is 5.90. The van der Waals surface area contributed by atoms with Crippen LogP contribution in [0.2, 0.25) is 0 Å². The minimum atomic E-state index is -0.153. The molecule has 0 saturated carbocycles. The standard InChI is InChI=1S/C19H25N3O5/c1-11(23)20-13-5-6-22(10-13)9-12-7-14-15(21-19(12)24)8-16(25-2)18(27-4)17(14)26-3/h7-8,13H,5-6,9-10H2,1-4H3,(H,20,23)(H,21,24)/t13-/m0/s1. The van der Waals surface area contributed by atoms with E-state index in [1.54, 1.807) is 20.3 Å². The number of fused-ring (bicyclic) bond motifs is 1. The first-order valence-electron chi connectivity index (χ1n) is 8.81. The molecular formula is C19H25N3O5. The predicted molar refractivity (Wildman–Crippen MR) is 102 cm³/mol. The second-order valence-electron chi connectivity index (χ2n) is 6.65. The highest BCUT2D eigenvalue weighted by Gasteiger charge is 2.24. The Hall–Kier alpha value is -2.74. The summed E-state index contributed by atoms with van der Waals surface area (Å²) in [6.45, 7) is 3.56. The van der Waals surface area contributed by atoms with Crippen LogP contribution in [0.3, 0.4) is 0 Å². The van der Waals surface area contributed by atoms with E-state index < -0.39 is 0 Å². The summed E-state index contributed by atoms with van der Waals surface area (Å²) in [5.74, 6) is 1.46. The second kappa shape index (κ2) is 7.87. The van der Waals surface area contributed by atoms with Gasteiger partial charge in [-0.2, -0.15) is 0 Å². The molecular weight excluding hydrogens is 350 g/mol. The van der Waals surface area contributed by atoms with Crippen LogP contribution in [0.15, 0.2) is 16.9 Å². The topological polar surface area (TPSA) is 92.9 Å². The molecule has 0 aliphatic carbocycles. The number of nitrogens with zero attached hydrogens (tertiary/aromatic N) is 1. The number of rotatable bonds is 6. The Bertz CT molecular complexity index is 908. The van der Waals surface area contributed by atoms with Crippen LogP contribution in [0.4, 0.5) is 0 Å². The molecule has 27 heavy (non-hydrogen) atoms. The number of amides is 1. The number of benzene rings is 1. The fraction of sp³-hybridized carbons (Fsp3) is 0.474. The molecule has 0 spiro atoms. The van der Waals surface area contributed by atoms with Crippen LogP contribution < -0.4 is 25.1 Å². The molecule has 146 valence electrons. The molecule has 1 fully saturated rings. The number of likely N-dealkylation sites (tertiary alicyclic amines) is 1. The largest absolute Gasteiger partial charge is 0.493 e. The van der Waals surface area contributed by atoms with Gasteiger partial charge in [0, 0.05) is 49.6 Å². The number of carbonyl (C=O) groups excluding carboxylic acids is 1. The fourth-order valence-corrected chi connectivity index (χ4v) is 3.61. The lowest BCUT2D eigenvalue weighted by Crippen LogP contribution is -2.35. The van der Waals surface area contributed by atoms with Crippen molar-refractivity contribution >= 4 is 16.8 Å². The van der Waals surface area contributed by atoms with Crippen molar-refractivity contribution in [1.29, 1.82) is 0 Å². The van der Waals surface area contributed by atoms with Crippen molar-refractivity contribution in [3.05, 3.63) is 28.0 Å².